The van der Waals surface area contributed by atoms with Crippen molar-refractivity contribution in [2.24, 2.45) is 0 Å². The molecule has 0 bridgehead atoms. The van der Waals surface area contributed by atoms with Crippen molar-refractivity contribution in [3.8, 4) is 22.4 Å². The van der Waals surface area contributed by atoms with Crippen molar-refractivity contribution in [2.75, 3.05) is 11.9 Å². The molecule has 0 saturated heterocycles. The summed E-state index contributed by atoms with van der Waals surface area (Å²) in [4.78, 5) is 0. The Kier molecular flexibility index (Phi) is 6.45. The SMILES string of the molecule is Cc1cccc(NCC(O)Cn2c(-c3ccccc3)c(-c3ccccc3)c3ccc4ccccc4c32)c1C. The van der Waals surface area contributed by atoms with Crippen LogP contribution in [0.15, 0.2) is 115 Å². The van der Waals surface area contributed by atoms with Crippen molar-refractivity contribution in [3.05, 3.63) is 126 Å². The largest absolute Gasteiger partial charge is 0.389 e. The van der Waals surface area contributed by atoms with E-state index in [1.807, 2.05) is 0 Å². The molecular weight excluding hydrogens is 464 g/mol. The van der Waals surface area contributed by atoms with Gasteiger partial charge in [-0.2, -0.15) is 0 Å². The second-order valence-electron chi connectivity index (χ2n) is 10.0. The summed E-state index contributed by atoms with van der Waals surface area (Å²) in [6.07, 6.45) is -0.587. The summed E-state index contributed by atoms with van der Waals surface area (Å²) in [5.74, 6) is 0. The van der Waals surface area contributed by atoms with Crippen LogP contribution in [0.3, 0.4) is 0 Å². The van der Waals surface area contributed by atoms with Crippen molar-refractivity contribution < 1.29 is 5.11 Å². The lowest BCUT2D eigenvalue weighted by atomic mass is 9.97. The molecule has 1 heterocycles. The van der Waals surface area contributed by atoms with Gasteiger partial charge in [0.1, 0.15) is 0 Å². The van der Waals surface area contributed by atoms with Crippen LogP contribution in [-0.2, 0) is 6.54 Å². The number of hydrogen-bond acceptors (Lipinski definition) is 2. The van der Waals surface area contributed by atoms with Gasteiger partial charge in [0.25, 0.3) is 0 Å². The number of nitrogens with zero attached hydrogens (tertiary/aromatic N) is 1. The number of aromatic nitrogens is 1. The van der Waals surface area contributed by atoms with E-state index in [0.717, 1.165) is 22.5 Å². The average Bonchev–Trinajstić information content (AvgIpc) is 3.29. The first-order chi connectivity index (χ1) is 18.6. The number of aliphatic hydroxyl groups is 1. The Hall–Kier alpha value is -4.34. The molecule has 0 fully saturated rings. The Balaban J connectivity index is 1.53. The summed E-state index contributed by atoms with van der Waals surface area (Å²) in [5, 5.41) is 18.5. The van der Waals surface area contributed by atoms with Gasteiger partial charge in [0.2, 0.25) is 0 Å². The van der Waals surface area contributed by atoms with Crippen LogP contribution in [0.25, 0.3) is 44.1 Å². The number of fused-ring (bicyclic) bond motifs is 3. The van der Waals surface area contributed by atoms with Gasteiger partial charge in [-0.15, -0.1) is 0 Å². The van der Waals surface area contributed by atoms with Crippen LogP contribution >= 0.6 is 0 Å². The molecule has 0 spiro atoms. The van der Waals surface area contributed by atoms with Gasteiger partial charge < -0.3 is 15.0 Å². The molecule has 1 atom stereocenters. The lowest BCUT2D eigenvalue weighted by molar-refractivity contribution is 0.169. The summed E-state index contributed by atoms with van der Waals surface area (Å²) >= 11 is 0. The zero-order valence-electron chi connectivity index (χ0n) is 21.9. The van der Waals surface area contributed by atoms with Gasteiger partial charge in [0, 0.05) is 28.6 Å². The van der Waals surface area contributed by atoms with Gasteiger partial charge >= 0.3 is 0 Å². The molecule has 0 aliphatic carbocycles. The standard InChI is InChI=1S/C35H32N2O/c1-24-12-11-19-32(25(24)2)36-22-29(38)23-37-34(28-16-7-4-8-17-28)33(27-14-5-3-6-15-27)31-21-20-26-13-9-10-18-30(26)35(31)37/h3-21,29,36,38H,22-23H2,1-2H3. The topological polar surface area (TPSA) is 37.2 Å². The second-order valence-corrected chi connectivity index (χ2v) is 10.0. The van der Waals surface area contributed by atoms with Crippen LogP contribution in [0, 0.1) is 13.8 Å². The van der Waals surface area contributed by atoms with Crippen LogP contribution in [0.2, 0.25) is 0 Å². The molecule has 1 aromatic heterocycles. The minimum absolute atomic E-state index is 0.462. The Morgan fingerprint density at radius 1 is 0.684 bits per heavy atom. The number of anilines is 1. The molecule has 0 amide bonds. The maximum Gasteiger partial charge on any atom is 0.0891 e. The quantitative estimate of drug-likeness (QED) is 0.234. The lowest BCUT2D eigenvalue weighted by Crippen LogP contribution is -2.25. The molecule has 3 heteroatoms. The third-order valence-electron chi connectivity index (χ3n) is 7.58. The summed E-state index contributed by atoms with van der Waals surface area (Å²) in [5.41, 5.74) is 9.34. The highest BCUT2D eigenvalue weighted by Crippen LogP contribution is 2.43. The number of aryl methyl sites for hydroxylation is 1. The average molecular weight is 497 g/mol. The fraction of sp³-hybridized carbons (Fsp3) is 0.143. The molecule has 3 nitrogen and oxygen atoms in total. The van der Waals surface area contributed by atoms with Crippen LogP contribution in [-0.4, -0.2) is 22.3 Å². The number of benzene rings is 5. The zero-order chi connectivity index (χ0) is 26.1. The zero-order valence-corrected chi connectivity index (χ0v) is 21.9. The highest BCUT2D eigenvalue weighted by atomic mass is 16.3. The van der Waals surface area contributed by atoms with Crippen LogP contribution < -0.4 is 5.32 Å². The highest BCUT2D eigenvalue weighted by Gasteiger charge is 2.23. The number of rotatable bonds is 7. The third kappa shape index (κ3) is 4.36. The minimum Gasteiger partial charge on any atom is -0.389 e. The van der Waals surface area contributed by atoms with E-state index in [4.69, 9.17) is 0 Å². The highest BCUT2D eigenvalue weighted by molar-refractivity contribution is 6.15. The predicted octanol–water partition coefficient (Wildman–Crippen LogP) is 8.22. The Morgan fingerprint density at radius 2 is 1.37 bits per heavy atom. The van der Waals surface area contributed by atoms with E-state index in [1.54, 1.807) is 0 Å². The van der Waals surface area contributed by atoms with E-state index in [1.165, 1.54) is 38.4 Å². The van der Waals surface area contributed by atoms with Gasteiger partial charge in [-0.3, -0.25) is 0 Å². The summed E-state index contributed by atoms with van der Waals surface area (Å²) < 4.78 is 2.34. The van der Waals surface area contributed by atoms with E-state index in [0.29, 0.717) is 13.1 Å². The molecule has 0 aliphatic rings. The van der Waals surface area contributed by atoms with Gasteiger partial charge in [-0.05, 0) is 47.6 Å². The van der Waals surface area contributed by atoms with E-state index in [2.05, 4.69) is 139 Å². The second kappa shape index (κ2) is 10.2. The molecule has 6 aromatic rings. The number of nitrogens with one attached hydrogen (secondary N) is 1. The fourth-order valence-corrected chi connectivity index (χ4v) is 5.54. The first-order valence-electron chi connectivity index (χ1n) is 13.2. The lowest BCUT2D eigenvalue weighted by Gasteiger charge is -2.19. The van der Waals surface area contributed by atoms with E-state index in [9.17, 15) is 5.11 Å². The first-order valence-corrected chi connectivity index (χ1v) is 13.2. The normalized spacial score (nSPS) is 12.2. The van der Waals surface area contributed by atoms with Gasteiger partial charge in [-0.25, -0.2) is 0 Å². The van der Waals surface area contributed by atoms with Crippen LogP contribution in [0.4, 0.5) is 5.69 Å². The summed E-state index contributed by atoms with van der Waals surface area (Å²) in [6.45, 7) is 5.17. The monoisotopic (exact) mass is 496 g/mol. The Morgan fingerprint density at radius 3 is 2.13 bits per heavy atom. The fourth-order valence-electron chi connectivity index (χ4n) is 5.54. The maximum absolute atomic E-state index is 11.4. The van der Waals surface area contributed by atoms with Crippen molar-refractivity contribution in [3.63, 3.8) is 0 Å². The molecule has 6 rings (SSSR count). The van der Waals surface area contributed by atoms with Crippen molar-refractivity contribution in [1.82, 2.24) is 4.57 Å². The maximum atomic E-state index is 11.4. The molecule has 0 aliphatic heterocycles. The van der Waals surface area contributed by atoms with E-state index in [-0.39, 0.29) is 0 Å². The molecule has 188 valence electrons. The molecule has 0 saturated carbocycles. The van der Waals surface area contributed by atoms with Gasteiger partial charge in [0.15, 0.2) is 0 Å². The van der Waals surface area contributed by atoms with E-state index >= 15 is 0 Å². The molecule has 2 N–H and O–H groups in total. The van der Waals surface area contributed by atoms with Gasteiger partial charge in [-0.1, -0.05) is 109 Å². The molecule has 5 aromatic carbocycles. The van der Waals surface area contributed by atoms with Gasteiger partial charge in [0.05, 0.1) is 23.9 Å². The smallest absolute Gasteiger partial charge is 0.0891 e. The number of aliphatic hydroxyl groups excluding tert-OH is 1. The Labute approximate surface area is 224 Å². The number of hydrogen-bond donors (Lipinski definition) is 2. The first kappa shape index (κ1) is 24.0. The summed E-state index contributed by atoms with van der Waals surface area (Å²) in [6, 6.07) is 40.4. The molecular formula is C35H32N2O. The predicted molar refractivity (Wildman–Crippen MR) is 161 cm³/mol. The van der Waals surface area contributed by atoms with Crippen molar-refractivity contribution in [1.29, 1.82) is 0 Å². The Bertz CT molecular complexity index is 1720. The van der Waals surface area contributed by atoms with E-state index < -0.39 is 6.10 Å². The molecule has 38 heavy (non-hydrogen) atoms. The van der Waals surface area contributed by atoms with Crippen molar-refractivity contribution in [2.45, 2.75) is 26.5 Å². The van der Waals surface area contributed by atoms with Crippen LogP contribution in [0.5, 0.6) is 0 Å². The molecule has 0 radical (unpaired) electrons. The summed E-state index contributed by atoms with van der Waals surface area (Å²) in [7, 11) is 0. The minimum atomic E-state index is -0.587. The van der Waals surface area contributed by atoms with Crippen molar-refractivity contribution >= 4 is 27.4 Å². The third-order valence-corrected chi connectivity index (χ3v) is 7.58. The molecule has 1 unspecified atom stereocenters. The van der Waals surface area contributed by atoms with Crippen LogP contribution in [0.1, 0.15) is 11.1 Å².